The van der Waals surface area contributed by atoms with Gasteiger partial charge in [-0.05, 0) is 51.0 Å². The Balaban J connectivity index is 2.02. The highest BCUT2D eigenvalue weighted by atomic mass is 15.3. The summed E-state index contributed by atoms with van der Waals surface area (Å²) in [5.41, 5.74) is 2.56. The van der Waals surface area contributed by atoms with Gasteiger partial charge in [-0.3, -0.25) is 0 Å². The van der Waals surface area contributed by atoms with Crippen molar-refractivity contribution in [1.29, 1.82) is 5.26 Å². The highest BCUT2D eigenvalue weighted by Gasteiger charge is 2.36. The number of anilines is 1. The van der Waals surface area contributed by atoms with Crippen molar-refractivity contribution < 1.29 is 0 Å². The van der Waals surface area contributed by atoms with Gasteiger partial charge in [0, 0.05) is 12.6 Å². The van der Waals surface area contributed by atoms with Crippen LogP contribution in [0.4, 0.5) is 5.82 Å². The van der Waals surface area contributed by atoms with Crippen LogP contribution in [0.2, 0.25) is 0 Å². The van der Waals surface area contributed by atoms with E-state index in [-0.39, 0.29) is 0 Å². The molecule has 2 aliphatic rings. The molecular formula is C15H20N4. The van der Waals surface area contributed by atoms with Crippen molar-refractivity contribution in [3.8, 4) is 6.07 Å². The number of nitrogens with zero attached hydrogens (tertiary/aromatic N) is 4. The summed E-state index contributed by atoms with van der Waals surface area (Å²) in [5, 5.41) is 18.0. The van der Waals surface area contributed by atoms with E-state index in [9.17, 15) is 5.26 Å². The Morgan fingerprint density at radius 1 is 1.16 bits per heavy atom. The van der Waals surface area contributed by atoms with Gasteiger partial charge in [-0.15, -0.1) is 5.10 Å². The van der Waals surface area contributed by atoms with E-state index in [2.05, 4.69) is 21.2 Å². The molecule has 2 unspecified atom stereocenters. The quantitative estimate of drug-likeness (QED) is 0.775. The van der Waals surface area contributed by atoms with Gasteiger partial charge in [0.15, 0.2) is 5.82 Å². The second-order valence-electron chi connectivity index (χ2n) is 5.81. The molecule has 1 saturated carbocycles. The first-order chi connectivity index (χ1) is 9.22. The van der Waals surface area contributed by atoms with Crippen LogP contribution < -0.4 is 4.90 Å². The van der Waals surface area contributed by atoms with E-state index in [1.54, 1.807) is 0 Å². The van der Waals surface area contributed by atoms with Gasteiger partial charge in [0.1, 0.15) is 11.6 Å². The van der Waals surface area contributed by atoms with Crippen molar-refractivity contribution in [2.45, 2.75) is 52.0 Å². The summed E-state index contributed by atoms with van der Waals surface area (Å²) in [4.78, 5) is 2.36. The van der Waals surface area contributed by atoms with E-state index >= 15 is 0 Å². The summed E-state index contributed by atoms with van der Waals surface area (Å²) < 4.78 is 0. The first-order valence-electron chi connectivity index (χ1n) is 7.23. The van der Waals surface area contributed by atoms with Crippen molar-refractivity contribution in [3.05, 3.63) is 16.8 Å². The highest BCUT2D eigenvalue weighted by Crippen LogP contribution is 2.39. The van der Waals surface area contributed by atoms with Gasteiger partial charge in [-0.2, -0.15) is 10.4 Å². The number of hydrogen-bond acceptors (Lipinski definition) is 4. The molecule has 1 aromatic heterocycles. The Hall–Kier alpha value is -1.63. The summed E-state index contributed by atoms with van der Waals surface area (Å²) in [6.07, 6.45) is 6.43. The standard InChI is InChI=1S/C15H20N4/c1-10-11(2)17-18-15(13(10)9-16)19-8-4-6-12-5-3-7-14(12)19/h12,14H,3-8H2,1-2H3. The molecule has 0 N–H and O–H groups in total. The van der Waals surface area contributed by atoms with E-state index in [4.69, 9.17) is 0 Å². The minimum absolute atomic E-state index is 0.581. The lowest BCUT2D eigenvalue weighted by molar-refractivity contribution is 0.359. The van der Waals surface area contributed by atoms with Crippen molar-refractivity contribution in [2.24, 2.45) is 5.92 Å². The van der Waals surface area contributed by atoms with Crippen LogP contribution in [-0.4, -0.2) is 22.8 Å². The van der Waals surface area contributed by atoms with Gasteiger partial charge in [0.05, 0.1) is 5.69 Å². The number of aryl methyl sites for hydroxylation is 1. The summed E-state index contributed by atoms with van der Waals surface area (Å²) in [6, 6.07) is 2.92. The number of aromatic nitrogens is 2. The Morgan fingerprint density at radius 2 is 1.95 bits per heavy atom. The molecule has 1 aliphatic carbocycles. The molecule has 0 spiro atoms. The van der Waals surface area contributed by atoms with Gasteiger partial charge in [-0.1, -0.05) is 6.42 Å². The third kappa shape index (κ3) is 1.98. The molecule has 4 nitrogen and oxygen atoms in total. The van der Waals surface area contributed by atoms with Crippen molar-refractivity contribution in [3.63, 3.8) is 0 Å². The third-order valence-electron chi connectivity index (χ3n) is 4.81. The van der Waals surface area contributed by atoms with E-state index in [1.165, 1.54) is 32.1 Å². The van der Waals surface area contributed by atoms with Gasteiger partial charge < -0.3 is 4.90 Å². The van der Waals surface area contributed by atoms with E-state index in [0.717, 1.165) is 35.1 Å². The number of fused-ring (bicyclic) bond motifs is 1. The van der Waals surface area contributed by atoms with Crippen molar-refractivity contribution >= 4 is 5.82 Å². The summed E-state index contributed by atoms with van der Waals surface area (Å²) in [7, 11) is 0. The minimum atomic E-state index is 0.581. The molecule has 1 aromatic rings. The fourth-order valence-electron chi connectivity index (χ4n) is 3.65. The predicted octanol–water partition coefficient (Wildman–Crippen LogP) is 2.73. The molecule has 0 bridgehead atoms. The fraction of sp³-hybridized carbons (Fsp3) is 0.667. The molecule has 3 rings (SSSR count). The van der Waals surface area contributed by atoms with Crippen molar-refractivity contribution in [1.82, 2.24) is 10.2 Å². The van der Waals surface area contributed by atoms with Crippen LogP contribution in [0.1, 0.15) is 48.9 Å². The number of rotatable bonds is 1. The maximum Gasteiger partial charge on any atom is 0.169 e. The largest absolute Gasteiger partial charge is 0.351 e. The molecule has 1 aliphatic heterocycles. The Morgan fingerprint density at radius 3 is 2.74 bits per heavy atom. The maximum absolute atomic E-state index is 9.45. The second kappa shape index (κ2) is 4.80. The number of piperidine rings is 1. The smallest absolute Gasteiger partial charge is 0.169 e. The molecular weight excluding hydrogens is 236 g/mol. The lowest BCUT2D eigenvalue weighted by Gasteiger charge is -2.38. The van der Waals surface area contributed by atoms with Crippen LogP contribution in [0.5, 0.6) is 0 Å². The molecule has 4 heteroatoms. The molecule has 19 heavy (non-hydrogen) atoms. The summed E-state index contributed by atoms with van der Waals surface area (Å²) >= 11 is 0. The van der Waals surface area contributed by atoms with E-state index in [1.807, 2.05) is 13.8 Å². The second-order valence-corrected chi connectivity index (χ2v) is 5.81. The zero-order valence-electron chi connectivity index (χ0n) is 11.7. The SMILES string of the molecule is Cc1nnc(N2CCCC3CCCC32)c(C#N)c1C. The van der Waals surface area contributed by atoms with Crippen LogP contribution in [0.15, 0.2) is 0 Å². The van der Waals surface area contributed by atoms with Crippen LogP contribution >= 0.6 is 0 Å². The van der Waals surface area contributed by atoms with Gasteiger partial charge >= 0.3 is 0 Å². The first-order valence-corrected chi connectivity index (χ1v) is 7.23. The molecule has 100 valence electrons. The summed E-state index contributed by atoms with van der Waals surface area (Å²) in [5.74, 6) is 1.62. The monoisotopic (exact) mass is 256 g/mol. The van der Waals surface area contributed by atoms with Crippen molar-refractivity contribution in [2.75, 3.05) is 11.4 Å². The van der Waals surface area contributed by atoms with Crippen LogP contribution in [0.25, 0.3) is 0 Å². The van der Waals surface area contributed by atoms with E-state index in [0.29, 0.717) is 6.04 Å². The molecule has 0 aromatic carbocycles. The molecule has 2 atom stereocenters. The summed E-state index contributed by atoms with van der Waals surface area (Å²) in [6.45, 7) is 4.91. The average molecular weight is 256 g/mol. The van der Waals surface area contributed by atoms with Gasteiger partial charge in [-0.25, -0.2) is 0 Å². The Labute approximate surface area is 114 Å². The molecule has 2 heterocycles. The van der Waals surface area contributed by atoms with Crippen LogP contribution in [0, 0.1) is 31.1 Å². The Bertz CT molecular complexity index is 532. The molecule has 0 radical (unpaired) electrons. The normalized spacial score (nSPS) is 26.1. The van der Waals surface area contributed by atoms with Gasteiger partial charge in [0.2, 0.25) is 0 Å². The highest BCUT2D eigenvalue weighted by molar-refractivity contribution is 5.58. The molecule has 2 fully saturated rings. The lowest BCUT2D eigenvalue weighted by Crippen LogP contribution is -2.43. The zero-order chi connectivity index (χ0) is 13.4. The maximum atomic E-state index is 9.45. The van der Waals surface area contributed by atoms with Crippen LogP contribution in [-0.2, 0) is 0 Å². The number of hydrogen-bond donors (Lipinski definition) is 0. The number of nitriles is 1. The Kier molecular flexibility index (Phi) is 3.14. The van der Waals surface area contributed by atoms with Gasteiger partial charge in [0.25, 0.3) is 0 Å². The average Bonchev–Trinajstić information content (AvgIpc) is 2.90. The molecule has 1 saturated heterocycles. The fourth-order valence-corrected chi connectivity index (χ4v) is 3.65. The topological polar surface area (TPSA) is 52.8 Å². The molecule has 0 amide bonds. The first kappa shape index (κ1) is 12.4. The van der Waals surface area contributed by atoms with E-state index < -0.39 is 0 Å². The third-order valence-corrected chi connectivity index (χ3v) is 4.81. The minimum Gasteiger partial charge on any atom is -0.351 e. The lowest BCUT2D eigenvalue weighted by atomic mass is 9.91. The van der Waals surface area contributed by atoms with Crippen LogP contribution in [0.3, 0.4) is 0 Å². The zero-order valence-corrected chi connectivity index (χ0v) is 11.7. The predicted molar refractivity (Wildman–Crippen MR) is 73.9 cm³/mol.